The molecule has 1 fully saturated rings. The lowest BCUT2D eigenvalue weighted by molar-refractivity contribution is -0.139. The zero-order chi connectivity index (χ0) is 26.7. The van der Waals surface area contributed by atoms with Crippen molar-refractivity contribution in [3.8, 4) is 11.5 Å². The monoisotopic (exact) mass is 544 g/mol. The number of carboxylic acids is 1. The van der Waals surface area contributed by atoms with Gasteiger partial charge in [0.05, 0.1) is 24.3 Å². The molecule has 8 heteroatoms. The predicted octanol–water partition coefficient (Wildman–Crippen LogP) is 7.78. The molecule has 0 bridgehead atoms. The highest BCUT2D eigenvalue weighted by Crippen LogP contribution is 2.54. The molecule has 1 saturated heterocycles. The molecule has 0 aromatic heterocycles. The van der Waals surface area contributed by atoms with E-state index in [0.717, 1.165) is 22.8 Å². The Labute approximate surface area is 225 Å². The van der Waals surface area contributed by atoms with E-state index in [9.17, 15) is 9.18 Å². The van der Waals surface area contributed by atoms with E-state index in [2.05, 4.69) is 6.58 Å². The molecule has 194 valence electrons. The zero-order valence-electron chi connectivity index (χ0n) is 20.4. The second-order valence-electron chi connectivity index (χ2n) is 9.09. The third-order valence-electron chi connectivity index (χ3n) is 6.59. The van der Waals surface area contributed by atoms with Gasteiger partial charge in [-0.25, -0.2) is 9.18 Å². The molecule has 5 nitrogen and oxygen atoms in total. The van der Waals surface area contributed by atoms with Crippen molar-refractivity contribution in [1.29, 1.82) is 0 Å². The van der Waals surface area contributed by atoms with Crippen LogP contribution in [0.1, 0.15) is 48.2 Å². The first-order valence-corrected chi connectivity index (χ1v) is 12.5. The van der Waals surface area contributed by atoms with E-state index in [4.69, 9.17) is 42.5 Å². The standard InChI is InChI=1S/C29H27Cl2FO5/c1-16(2)22-14-23(17-4-8-19(30)9-5-17)27(18-6-10-21(35-3)11-7-18)37-28(22)24-12-20(32)13-25(31)29(24)36-15-26(33)34/h4-13,22-23,27-28H,1,14-15H2,2-3H3,(H,33,34)/t22-,23-,27+,28+/m1/s1. The largest absolute Gasteiger partial charge is 0.497 e. The molecule has 1 aliphatic rings. The first-order valence-electron chi connectivity index (χ1n) is 11.7. The third kappa shape index (κ3) is 6.09. The quantitative estimate of drug-likeness (QED) is 0.293. The summed E-state index contributed by atoms with van der Waals surface area (Å²) < 4.78 is 32.2. The van der Waals surface area contributed by atoms with E-state index >= 15 is 0 Å². The van der Waals surface area contributed by atoms with Gasteiger partial charge >= 0.3 is 5.97 Å². The summed E-state index contributed by atoms with van der Waals surface area (Å²) in [6.45, 7) is 5.45. The number of methoxy groups -OCH3 is 1. The van der Waals surface area contributed by atoms with Gasteiger partial charge in [0.2, 0.25) is 0 Å². The molecule has 1 N–H and O–H groups in total. The summed E-state index contributed by atoms with van der Waals surface area (Å²) in [5.74, 6) is -1.27. The summed E-state index contributed by atoms with van der Waals surface area (Å²) in [4.78, 5) is 11.2. The third-order valence-corrected chi connectivity index (χ3v) is 7.12. The number of hydrogen-bond donors (Lipinski definition) is 1. The lowest BCUT2D eigenvalue weighted by Crippen LogP contribution is -2.32. The average Bonchev–Trinajstić information content (AvgIpc) is 2.87. The zero-order valence-corrected chi connectivity index (χ0v) is 21.9. The molecule has 37 heavy (non-hydrogen) atoms. The lowest BCUT2D eigenvalue weighted by Gasteiger charge is -2.43. The van der Waals surface area contributed by atoms with E-state index in [-0.39, 0.29) is 22.6 Å². The number of halogens is 3. The topological polar surface area (TPSA) is 65.0 Å². The molecular formula is C29H27Cl2FO5. The van der Waals surface area contributed by atoms with Crippen LogP contribution in [-0.4, -0.2) is 24.8 Å². The van der Waals surface area contributed by atoms with Crippen LogP contribution >= 0.6 is 23.2 Å². The Hall–Kier alpha value is -3.06. The van der Waals surface area contributed by atoms with Crippen LogP contribution in [-0.2, 0) is 9.53 Å². The first kappa shape index (κ1) is 27.0. The van der Waals surface area contributed by atoms with Crippen molar-refractivity contribution in [3.63, 3.8) is 0 Å². The lowest BCUT2D eigenvalue weighted by atomic mass is 9.74. The minimum Gasteiger partial charge on any atom is -0.497 e. The molecule has 0 saturated carbocycles. The van der Waals surface area contributed by atoms with Crippen LogP contribution in [0.4, 0.5) is 4.39 Å². The Morgan fingerprint density at radius 3 is 2.32 bits per heavy atom. The van der Waals surface area contributed by atoms with Crippen molar-refractivity contribution < 1.29 is 28.5 Å². The molecule has 3 aromatic carbocycles. The Bertz CT molecular complexity index is 1280. The van der Waals surface area contributed by atoms with Crippen molar-refractivity contribution in [3.05, 3.63) is 105 Å². The summed E-state index contributed by atoms with van der Waals surface area (Å²) in [5.41, 5.74) is 3.12. The molecule has 4 rings (SSSR count). The molecule has 0 radical (unpaired) electrons. The van der Waals surface area contributed by atoms with E-state index in [1.165, 1.54) is 6.07 Å². The fourth-order valence-electron chi connectivity index (χ4n) is 4.82. The molecule has 0 aliphatic carbocycles. The summed E-state index contributed by atoms with van der Waals surface area (Å²) in [7, 11) is 1.60. The van der Waals surface area contributed by atoms with Gasteiger partial charge in [0, 0.05) is 22.4 Å². The van der Waals surface area contributed by atoms with Gasteiger partial charge in [-0.05, 0) is 60.9 Å². The van der Waals surface area contributed by atoms with Gasteiger partial charge in [-0.1, -0.05) is 59.6 Å². The smallest absolute Gasteiger partial charge is 0.341 e. The number of benzene rings is 3. The molecule has 0 spiro atoms. The normalized spacial score (nSPS) is 21.3. The van der Waals surface area contributed by atoms with Gasteiger partial charge in [-0.15, -0.1) is 0 Å². The maximum atomic E-state index is 14.6. The Morgan fingerprint density at radius 1 is 1.08 bits per heavy atom. The molecule has 3 aromatic rings. The fraction of sp³-hybridized carbons (Fsp3) is 0.276. The van der Waals surface area contributed by atoms with E-state index in [1.807, 2.05) is 55.5 Å². The van der Waals surface area contributed by atoms with Crippen LogP contribution in [0.25, 0.3) is 0 Å². The van der Waals surface area contributed by atoms with Gasteiger partial charge in [-0.3, -0.25) is 0 Å². The van der Waals surface area contributed by atoms with Gasteiger partial charge < -0.3 is 19.3 Å². The van der Waals surface area contributed by atoms with Crippen molar-refractivity contribution in [2.45, 2.75) is 31.5 Å². The minimum atomic E-state index is -1.17. The Kier molecular flexibility index (Phi) is 8.42. The van der Waals surface area contributed by atoms with Crippen LogP contribution in [0, 0.1) is 11.7 Å². The highest BCUT2D eigenvalue weighted by Gasteiger charge is 2.42. The Morgan fingerprint density at radius 2 is 1.73 bits per heavy atom. The molecule has 4 atom stereocenters. The van der Waals surface area contributed by atoms with E-state index in [1.54, 1.807) is 7.11 Å². The number of aliphatic carboxylic acids is 1. The Balaban J connectivity index is 1.83. The van der Waals surface area contributed by atoms with Crippen LogP contribution in [0.2, 0.25) is 10.0 Å². The van der Waals surface area contributed by atoms with Crippen molar-refractivity contribution in [2.75, 3.05) is 13.7 Å². The van der Waals surface area contributed by atoms with Gasteiger partial charge in [0.1, 0.15) is 17.3 Å². The average molecular weight is 545 g/mol. The first-order chi connectivity index (χ1) is 17.7. The van der Waals surface area contributed by atoms with E-state index < -0.39 is 30.6 Å². The highest BCUT2D eigenvalue weighted by atomic mass is 35.5. The number of carbonyl (C=O) groups is 1. The number of carboxylic acid groups (broad SMARTS) is 1. The highest BCUT2D eigenvalue weighted by molar-refractivity contribution is 6.32. The van der Waals surface area contributed by atoms with Crippen LogP contribution in [0.15, 0.2) is 72.8 Å². The van der Waals surface area contributed by atoms with Crippen LogP contribution in [0.5, 0.6) is 11.5 Å². The molecule has 1 aliphatic heterocycles. The van der Waals surface area contributed by atoms with Crippen molar-refractivity contribution >= 4 is 29.2 Å². The molecule has 0 amide bonds. The second-order valence-corrected chi connectivity index (χ2v) is 9.93. The summed E-state index contributed by atoms with van der Waals surface area (Å²) in [6.07, 6.45) is -0.489. The summed E-state index contributed by atoms with van der Waals surface area (Å²) >= 11 is 12.5. The summed E-state index contributed by atoms with van der Waals surface area (Å²) in [5, 5.41) is 9.77. The molecule has 1 heterocycles. The van der Waals surface area contributed by atoms with Crippen molar-refractivity contribution in [2.24, 2.45) is 5.92 Å². The summed E-state index contributed by atoms with van der Waals surface area (Å²) in [6, 6.07) is 17.6. The SMILES string of the molecule is C=C(C)[C@H]1C[C@H](c2ccc(Cl)cc2)[C@H](c2ccc(OC)cc2)O[C@@H]1c1cc(F)cc(Cl)c1OCC(=O)O. The maximum absolute atomic E-state index is 14.6. The number of hydrogen-bond acceptors (Lipinski definition) is 4. The maximum Gasteiger partial charge on any atom is 0.341 e. The predicted molar refractivity (Wildman–Crippen MR) is 141 cm³/mol. The van der Waals surface area contributed by atoms with Crippen molar-refractivity contribution in [1.82, 2.24) is 0 Å². The van der Waals surface area contributed by atoms with Gasteiger partial charge in [0.15, 0.2) is 6.61 Å². The van der Waals surface area contributed by atoms with E-state index in [0.29, 0.717) is 22.8 Å². The van der Waals surface area contributed by atoms with Crippen LogP contribution < -0.4 is 9.47 Å². The number of ether oxygens (including phenoxy) is 3. The van der Waals surface area contributed by atoms with Gasteiger partial charge in [-0.2, -0.15) is 0 Å². The molecule has 0 unspecified atom stereocenters. The number of rotatable bonds is 8. The van der Waals surface area contributed by atoms with Crippen LogP contribution in [0.3, 0.4) is 0 Å². The van der Waals surface area contributed by atoms with Gasteiger partial charge in [0.25, 0.3) is 0 Å². The minimum absolute atomic E-state index is 0.0267. The second kappa shape index (κ2) is 11.5. The molecular weight excluding hydrogens is 518 g/mol. The fourth-order valence-corrected chi connectivity index (χ4v) is 5.22.